The van der Waals surface area contributed by atoms with E-state index in [1.54, 1.807) is 24.4 Å². The van der Waals surface area contributed by atoms with Gasteiger partial charge in [0.25, 0.3) is 11.8 Å². The molecule has 6 aliphatic heterocycles. The van der Waals surface area contributed by atoms with Crippen molar-refractivity contribution in [3.05, 3.63) is 77.2 Å². The standard InChI is InChI=1S/C61H69FN10O9/c1-6-38-8-7-9-39-28-43(80-36-78-5)30-46(50(38)39)52-51(62)53-47(31-63-52)54(70-32-41-10-11-42(33-70)71(41)59(77)81-60(2,3)4)66-58(65-53)79-35-61(19-20-61)34-68-22-17-37(18-23-68)16-21-67-24-26-69(27-25-67)40-12-13-44-45(29-40)57(76)72(56(44)75)48-14-15-49(73)64-55(48)74/h1,7-9,12-13,28-31,37,41-42,48H,10-11,14-27,32-36H2,2-5H3,(H,64,73,74). The maximum absolute atomic E-state index is 17.7. The summed E-state index contributed by atoms with van der Waals surface area (Å²) in [6, 6.07) is 13.3. The number of piperidine rings is 2. The number of ether oxygens (including phenoxy) is 4. The molecule has 6 fully saturated rings. The largest absolute Gasteiger partial charge is 0.468 e. The first kappa shape index (κ1) is 54.1. The van der Waals surface area contributed by atoms with Crippen LogP contribution in [-0.2, 0) is 19.1 Å². The lowest BCUT2D eigenvalue weighted by molar-refractivity contribution is -0.136. The number of piperazine rings is 2. The summed E-state index contributed by atoms with van der Waals surface area (Å²) in [5.74, 6) is 1.71. The van der Waals surface area contributed by atoms with Crippen LogP contribution >= 0.6 is 0 Å². The quantitative estimate of drug-likeness (QED) is 0.0638. The highest BCUT2D eigenvalue weighted by molar-refractivity contribution is 6.23. The molecule has 424 valence electrons. The molecule has 8 heterocycles. The van der Waals surface area contributed by atoms with Crippen LogP contribution in [0.2, 0.25) is 0 Å². The summed E-state index contributed by atoms with van der Waals surface area (Å²) in [5, 5.41) is 4.10. The van der Waals surface area contributed by atoms with Crippen LogP contribution in [0, 0.1) is 29.5 Å². The molecular formula is C61H69FN10O9. The van der Waals surface area contributed by atoms with Gasteiger partial charge in [-0.1, -0.05) is 18.1 Å². The number of pyridine rings is 1. The fourth-order valence-electron chi connectivity index (χ4n) is 13.0. The van der Waals surface area contributed by atoms with Gasteiger partial charge in [0, 0.05) is 93.2 Å². The number of aromatic nitrogens is 3. The monoisotopic (exact) mass is 1100 g/mol. The lowest BCUT2D eigenvalue weighted by Crippen LogP contribution is -2.57. The molecule has 12 rings (SSSR count). The van der Waals surface area contributed by atoms with E-state index in [2.05, 4.69) is 30.8 Å². The smallest absolute Gasteiger partial charge is 0.410 e. The highest BCUT2D eigenvalue weighted by Gasteiger charge is 2.48. The molecule has 19 nitrogen and oxygen atoms in total. The fourth-order valence-corrected chi connectivity index (χ4v) is 13.0. The van der Waals surface area contributed by atoms with Crippen molar-refractivity contribution in [1.29, 1.82) is 0 Å². The third-order valence-electron chi connectivity index (χ3n) is 17.5. The third kappa shape index (κ3) is 10.8. The van der Waals surface area contributed by atoms with E-state index in [-0.39, 0.29) is 66.0 Å². The number of likely N-dealkylation sites (tertiary alicyclic amines) is 1. The van der Waals surface area contributed by atoms with E-state index in [1.807, 2.05) is 56.0 Å². The number of halogens is 1. The number of carbonyl (C=O) groups is 5. The molecule has 3 unspecified atom stereocenters. The van der Waals surface area contributed by atoms with Crippen LogP contribution in [0.5, 0.6) is 11.8 Å². The predicted molar refractivity (Wildman–Crippen MR) is 300 cm³/mol. The van der Waals surface area contributed by atoms with Crippen molar-refractivity contribution in [2.75, 3.05) is 95.8 Å². The van der Waals surface area contributed by atoms with Gasteiger partial charge in [0.15, 0.2) is 12.6 Å². The number of hydrogen-bond donors (Lipinski definition) is 1. The van der Waals surface area contributed by atoms with Crippen molar-refractivity contribution in [1.82, 2.24) is 39.9 Å². The third-order valence-corrected chi connectivity index (χ3v) is 17.5. The Morgan fingerprint density at radius 3 is 2.31 bits per heavy atom. The summed E-state index contributed by atoms with van der Waals surface area (Å²) in [6.07, 6.45) is 14.5. The molecule has 3 aromatic carbocycles. The van der Waals surface area contributed by atoms with E-state index in [1.165, 1.54) is 7.11 Å². The molecule has 2 aromatic heterocycles. The molecule has 1 N–H and O–H groups in total. The number of amides is 5. The van der Waals surface area contributed by atoms with E-state index >= 15 is 4.39 Å². The zero-order valence-electron chi connectivity index (χ0n) is 46.5. The predicted octanol–water partition coefficient (Wildman–Crippen LogP) is 7.02. The lowest BCUT2D eigenvalue weighted by Gasteiger charge is -2.42. The first-order valence-electron chi connectivity index (χ1n) is 28.5. The van der Waals surface area contributed by atoms with Crippen LogP contribution in [0.1, 0.15) is 105 Å². The zero-order valence-corrected chi connectivity index (χ0v) is 46.5. The second kappa shape index (κ2) is 21.8. The molecule has 3 atom stereocenters. The van der Waals surface area contributed by atoms with Crippen molar-refractivity contribution in [3.8, 4) is 35.4 Å². The second-order valence-electron chi connectivity index (χ2n) is 24.1. The number of hydrogen-bond acceptors (Lipinski definition) is 16. The summed E-state index contributed by atoms with van der Waals surface area (Å²) in [5.41, 5.74) is 1.91. The average molecular weight is 1110 g/mol. The van der Waals surface area contributed by atoms with E-state index in [9.17, 15) is 24.0 Å². The van der Waals surface area contributed by atoms with Gasteiger partial charge in [0.2, 0.25) is 11.8 Å². The first-order valence-corrected chi connectivity index (χ1v) is 28.5. The number of rotatable bonds is 15. The van der Waals surface area contributed by atoms with E-state index in [4.69, 9.17) is 40.3 Å². The van der Waals surface area contributed by atoms with Crippen LogP contribution in [0.3, 0.4) is 0 Å². The molecule has 0 radical (unpaired) electrons. The van der Waals surface area contributed by atoms with E-state index in [0.29, 0.717) is 64.6 Å². The number of anilines is 2. The highest BCUT2D eigenvalue weighted by Crippen LogP contribution is 2.48. The molecule has 1 aliphatic carbocycles. The van der Waals surface area contributed by atoms with Crippen LogP contribution in [0.4, 0.5) is 20.7 Å². The number of nitrogens with one attached hydrogen (secondary N) is 1. The van der Waals surface area contributed by atoms with Gasteiger partial charge in [-0.3, -0.25) is 44.2 Å². The van der Waals surface area contributed by atoms with E-state index in [0.717, 1.165) is 113 Å². The molecule has 5 aromatic rings. The second-order valence-corrected chi connectivity index (χ2v) is 24.1. The molecule has 2 bridgehead atoms. The van der Waals surface area contributed by atoms with Crippen molar-refractivity contribution >= 4 is 62.9 Å². The molecule has 5 saturated heterocycles. The molecule has 5 amide bonds. The Bertz CT molecular complexity index is 3370. The van der Waals surface area contributed by atoms with Gasteiger partial charge in [0.05, 0.1) is 35.2 Å². The van der Waals surface area contributed by atoms with Gasteiger partial charge >= 0.3 is 12.1 Å². The van der Waals surface area contributed by atoms with Crippen LogP contribution in [0.25, 0.3) is 32.9 Å². The van der Waals surface area contributed by atoms with Crippen molar-refractivity contribution in [3.63, 3.8) is 0 Å². The number of terminal acetylenes is 1. The van der Waals surface area contributed by atoms with E-state index < -0.39 is 41.1 Å². The number of fused-ring (bicyclic) bond motifs is 5. The summed E-state index contributed by atoms with van der Waals surface area (Å²) in [4.78, 5) is 91.5. The van der Waals surface area contributed by atoms with Crippen LogP contribution in [0.15, 0.2) is 54.7 Å². The maximum Gasteiger partial charge on any atom is 0.410 e. The van der Waals surface area contributed by atoms with Crippen LogP contribution in [-0.4, -0.2) is 174 Å². The molecule has 81 heavy (non-hydrogen) atoms. The fraction of sp³-hybridized carbons (Fsp3) is 0.508. The minimum Gasteiger partial charge on any atom is -0.468 e. The van der Waals surface area contributed by atoms with Gasteiger partial charge < -0.3 is 33.6 Å². The Balaban J connectivity index is 0.696. The van der Waals surface area contributed by atoms with Gasteiger partial charge in [-0.15, -0.1) is 6.42 Å². The number of nitrogens with zero attached hydrogens (tertiary/aromatic N) is 9. The average Bonchev–Trinajstić information content (AvgIpc) is 4.28. The molecule has 7 aliphatic rings. The minimum atomic E-state index is -0.990. The molecule has 0 spiro atoms. The topological polar surface area (TPSA) is 192 Å². The van der Waals surface area contributed by atoms with Gasteiger partial charge in [-0.2, -0.15) is 9.97 Å². The minimum absolute atomic E-state index is 0.00831. The number of methoxy groups -OCH3 is 1. The highest BCUT2D eigenvalue weighted by atomic mass is 19.1. The van der Waals surface area contributed by atoms with Gasteiger partial charge in [0.1, 0.15) is 34.4 Å². The molecular weight excluding hydrogens is 1040 g/mol. The molecule has 1 saturated carbocycles. The lowest BCUT2D eigenvalue weighted by atomic mass is 9.92. The number of carbonyl (C=O) groups excluding carboxylic acids is 5. The summed E-state index contributed by atoms with van der Waals surface area (Å²) in [6.45, 7) is 14.2. The van der Waals surface area contributed by atoms with Crippen molar-refractivity contribution in [2.24, 2.45) is 11.3 Å². The first-order chi connectivity index (χ1) is 39.1. The normalized spacial score (nSPS) is 22.3. The number of imide groups is 2. The Labute approximate surface area is 470 Å². The van der Waals surface area contributed by atoms with Gasteiger partial charge in [-0.25, -0.2) is 9.18 Å². The zero-order chi connectivity index (χ0) is 56.3. The van der Waals surface area contributed by atoms with Crippen molar-refractivity contribution in [2.45, 2.75) is 102 Å². The maximum atomic E-state index is 17.7. The summed E-state index contributed by atoms with van der Waals surface area (Å²) < 4.78 is 41.2. The summed E-state index contributed by atoms with van der Waals surface area (Å²) >= 11 is 0. The Morgan fingerprint density at radius 1 is 0.852 bits per heavy atom. The van der Waals surface area contributed by atoms with Crippen molar-refractivity contribution < 1.29 is 47.3 Å². The Morgan fingerprint density at radius 2 is 1.60 bits per heavy atom. The number of benzene rings is 3. The Kier molecular flexibility index (Phi) is 14.6. The Hall–Kier alpha value is -7.47. The van der Waals surface area contributed by atoms with Gasteiger partial charge in [-0.05, 0) is 139 Å². The molecule has 20 heteroatoms. The summed E-state index contributed by atoms with van der Waals surface area (Å²) in [7, 11) is 1.53. The van der Waals surface area contributed by atoms with Crippen LogP contribution < -0.4 is 24.6 Å². The SMILES string of the molecule is C#Cc1cccc2cc(OCOC)cc(-c3ncc4c(N5CC6CCC(C5)N6C(=O)OC(C)(C)C)nc(OCC5(CN6CCC(CCN7CCN(c8ccc9c(c8)C(=O)N(C8CCC(=O)NC8=O)C9=O)CC7)CC6)CC5)nc4c3F)c12.